The van der Waals surface area contributed by atoms with Crippen LogP contribution in [0.4, 0.5) is 0 Å². The number of aliphatic hydroxyl groups is 1. The summed E-state index contributed by atoms with van der Waals surface area (Å²) in [6.45, 7) is 4.24. The Morgan fingerprint density at radius 2 is 1.88 bits per heavy atom. The molecule has 0 aliphatic carbocycles. The molecule has 1 amide bonds. The summed E-state index contributed by atoms with van der Waals surface area (Å²) in [5.74, 6) is -0.418. The van der Waals surface area contributed by atoms with Gasteiger partial charge in [0.15, 0.2) is 0 Å². The predicted octanol–water partition coefficient (Wildman–Crippen LogP) is 4.59. The van der Waals surface area contributed by atoms with Crippen LogP contribution in [-0.2, 0) is 28.4 Å². The number of nitrogens with zero attached hydrogens (tertiary/aromatic N) is 3. The van der Waals surface area contributed by atoms with Gasteiger partial charge in [0.2, 0.25) is 10.0 Å². The van der Waals surface area contributed by atoms with Gasteiger partial charge in [-0.05, 0) is 35.6 Å². The number of carbonyl (C=O) groups is 1. The molecule has 3 atom stereocenters. The minimum absolute atomic E-state index is 0.118. The molecule has 2 aromatic heterocycles. The van der Waals surface area contributed by atoms with Crippen LogP contribution in [-0.4, -0.2) is 72.1 Å². The summed E-state index contributed by atoms with van der Waals surface area (Å²) in [5.41, 5.74) is 4.14. The molecule has 0 unspecified atom stereocenters. The first kappa shape index (κ1) is 28.5. The van der Waals surface area contributed by atoms with Crippen molar-refractivity contribution in [2.24, 2.45) is 13.0 Å². The Kier molecular flexibility index (Phi) is 8.17. The van der Waals surface area contributed by atoms with Gasteiger partial charge in [-0.2, -0.15) is 15.6 Å². The lowest BCUT2D eigenvalue weighted by Gasteiger charge is -2.34. The second-order valence-electron chi connectivity index (χ2n) is 10.5. The van der Waals surface area contributed by atoms with Gasteiger partial charge < -0.3 is 19.3 Å². The number of fused-ring (bicyclic) bond motifs is 5. The molecule has 0 saturated heterocycles. The van der Waals surface area contributed by atoms with Gasteiger partial charge in [0.05, 0.1) is 30.3 Å². The summed E-state index contributed by atoms with van der Waals surface area (Å²) in [7, 11) is -0.236. The second-order valence-corrected chi connectivity index (χ2v) is 13.3. The zero-order valence-corrected chi connectivity index (χ0v) is 24.8. The molecule has 1 N–H and O–H groups in total. The van der Waals surface area contributed by atoms with Crippen LogP contribution in [0.5, 0.6) is 0 Å². The quantitative estimate of drug-likeness (QED) is 0.360. The molecule has 0 spiro atoms. The fraction of sp³-hybridized carbons (Fsp3) is 0.367. The third-order valence-electron chi connectivity index (χ3n) is 7.87. The molecule has 8 nitrogen and oxygen atoms in total. The van der Waals surface area contributed by atoms with E-state index in [-0.39, 0.29) is 43.0 Å². The number of thiophene rings is 1. The largest absolute Gasteiger partial charge is 0.394 e. The van der Waals surface area contributed by atoms with Crippen LogP contribution in [0.1, 0.15) is 29.9 Å². The van der Waals surface area contributed by atoms with Crippen molar-refractivity contribution in [3.05, 3.63) is 76.6 Å². The Morgan fingerprint density at radius 3 is 2.60 bits per heavy atom. The van der Waals surface area contributed by atoms with E-state index in [1.165, 1.54) is 15.6 Å². The molecule has 2 aromatic carbocycles. The van der Waals surface area contributed by atoms with Gasteiger partial charge >= 0.3 is 0 Å². The smallest absolute Gasteiger partial charge is 0.271 e. The van der Waals surface area contributed by atoms with Crippen LogP contribution in [0, 0.1) is 5.92 Å². The predicted molar refractivity (Wildman–Crippen MR) is 158 cm³/mol. The summed E-state index contributed by atoms with van der Waals surface area (Å²) in [5, 5.41) is 14.5. The molecule has 10 heteroatoms. The molecule has 0 saturated carbocycles. The molecule has 0 fully saturated rings. The summed E-state index contributed by atoms with van der Waals surface area (Å²) in [6, 6.07) is 17.0. The number of amides is 1. The van der Waals surface area contributed by atoms with Gasteiger partial charge in [-0.15, -0.1) is 0 Å². The average molecular weight is 582 g/mol. The fourth-order valence-electron chi connectivity index (χ4n) is 5.46. The van der Waals surface area contributed by atoms with Crippen molar-refractivity contribution in [3.8, 4) is 11.1 Å². The Labute approximate surface area is 239 Å². The number of aromatic nitrogens is 1. The van der Waals surface area contributed by atoms with E-state index in [4.69, 9.17) is 4.74 Å². The van der Waals surface area contributed by atoms with Crippen LogP contribution in [0.25, 0.3) is 22.0 Å². The Balaban J connectivity index is 1.63. The van der Waals surface area contributed by atoms with E-state index >= 15 is 0 Å². The highest BCUT2D eigenvalue weighted by Gasteiger charge is 2.34. The summed E-state index contributed by atoms with van der Waals surface area (Å²) < 4.78 is 36.2. The van der Waals surface area contributed by atoms with E-state index in [2.05, 4.69) is 0 Å². The molecule has 3 heterocycles. The van der Waals surface area contributed by atoms with Gasteiger partial charge in [0, 0.05) is 54.9 Å². The zero-order valence-electron chi connectivity index (χ0n) is 23.1. The highest BCUT2D eigenvalue weighted by molar-refractivity contribution is 7.89. The zero-order chi connectivity index (χ0) is 28.6. The molecule has 212 valence electrons. The van der Waals surface area contributed by atoms with Crippen LogP contribution in [0.2, 0.25) is 0 Å². The van der Waals surface area contributed by atoms with E-state index < -0.39 is 22.2 Å². The number of sulfonamides is 1. The number of para-hydroxylation sites is 1. The lowest BCUT2D eigenvalue weighted by atomic mass is 9.96. The first-order chi connectivity index (χ1) is 19.1. The van der Waals surface area contributed by atoms with Crippen molar-refractivity contribution in [3.63, 3.8) is 0 Å². The Morgan fingerprint density at radius 1 is 1.15 bits per heavy atom. The number of rotatable bonds is 6. The molecular formula is C30H35N3O5S2. The first-order valence-corrected chi connectivity index (χ1v) is 15.7. The maximum absolute atomic E-state index is 14.4. The van der Waals surface area contributed by atoms with E-state index in [1.54, 1.807) is 28.8 Å². The minimum Gasteiger partial charge on any atom is -0.394 e. The van der Waals surface area contributed by atoms with Gasteiger partial charge in [-0.3, -0.25) is 4.79 Å². The van der Waals surface area contributed by atoms with E-state index in [0.717, 1.165) is 27.6 Å². The van der Waals surface area contributed by atoms with Crippen molar-refractivity contribution in [2.45, 2.75) is 37.5 Å². The number of aliphatic hydroxyl groups excluding tert-OH is 1. The van der Waals surface area contributed by atoms with Gasteiger partial charge in [0.25, 0.3) is 5.91 Å². The molecule has 1 aliphatic heterocycles. The normalized spacial score (nSPS) is 19.4. The number of likely N-dealkylation sites (N-methyl/N-ethyl adjacent to an activating group) is 1. The topological polar surface area (TPSA) is 92.1 Å². The van der Waals surface area contributed by atoms with E-state index in [1.807, 2.05) is 74.0 Å². The van der Waals surface area contributed by atoms with Crippen molar-refractivity contribution in [2.75, 3.05) is 26.7 Å². The van der Waals surface area contributed by atoms with Gasteiger partial charge in [0.1, 0.15) is 5.69 Å². The van der Waals surface area contributed by atoms with Gasteiger partial charge in [-0.1, -0.05) is 49.4 Å². The molecule has 5 rings (SSSR count). The third-order valence-corrected chi connectivity index (χ3v) is 10.5. The van der Waals surface area contributed by atoms with Crippen LogP contribution in [0.15, 0.2) is 70.3 Å². The van der Waals surface area contributed by atoms with Crippen molar-refractivity contribution >= 4 is 38.2 Å². The molecular weight excluding hydrogens is 546 g/mol. The van der Waals surface area contributed by atoms with Crippen LogP contribution >= 0.6 is 11.3 Å². The molecule has 0 bridgehead atoms. The maximum atomic E-state index is 14.4. The second kappa shape index (κ2) is 11.5. The summed E-state index contributed by atoms with van der Waals surface area (Å²) in [6.07, 6.45) is -0.509. The first-order valence-electron chi connectivity index (χ1n) is 13.3. The number of aryl methyl sites for hydroxylation is 1. The van der Waals surface area contributed by atoms with Gasteiger partial charge in [-0.25, -0.2) is 8.42 Å². The summed E-state index contributed by atoms with van der Waals surface area (Å²) in [4.78, 5) is 16.4. The molecule has 4 aromatic rings. The highest BCUT2D eigenvalue weighted by atomic mass is 32.2. The number of hydrogen-bond donors (Lipinski definition) is 1. The number of hydrogen-bond acceptors (Lipinski definition) is 6. The summed E-state index contributed by atoms with van der Waals surface area (Å²) >= 11 is 1.33. The number of carbonyl (C=O) groups excluding carboxylic acids is 1. The molecule has 0 radical (unpaired) electrons. The van der Waals surface area contributed by atoms with Crippen molar-refractivity contribution < 1.29 is 23.1 Å². The SMILES string of the molecule is C[C@@H]1CN([C@H](C)CO)C(=O)c2c(c3ccccc3n2C)-c2ccccc2CO[C@H]1CN(C)S(=O)(=O)c1ccsc1. The highest BCUT2D eigenvalue weighted by Crippen LogP contribution is 2.38. The average Bonchev–Trinajstić information content (AvgIpc) is 3.60. The fourth-order valence-corrected chi connectivity index (χ4v) is 7.65. The van der Waals surface area contributed by atoms with Crippen molar-refractivity contribution in [1.82, 2.24) is 13.8 Å². The lowest BCUT2D eigenvalue weighted by molar-refractivity contribution is -0.0147. The minimum atomic E-state index is -3.69. The number of ether oxygens (including phenoxy) is 1. The Bertz CT molecular complexity index is 1610. The molecule has 40 heavy (non-hydrogen) atoms. The standard InChI is InChI=1S/C30H35N3O5S2/c1-20-15-33(21(2)17-34)30(35)29-28(25-11-7-8-12-26(25)32(29)4)24-10-6-5-9-22(24)18-38-27(20)16-31(3)40(36,37)23-13-14-39-19-23/h5-14,19-21,27,34H,15-18H2,1-4H3/t20-,21-,27+/m1/s1. The van der Waals surface area contributed by atoms with Crippen LogP contribution < -0.4 is 0 Å². The van der Waals surface area contributed by atoms with Crippen LogP contribution in [0.3, 0.4) is 0 Å². The molecule has 1 aliphatic rings. The van der Waals surface area contributed by atoms with E-state index in [9.17, 15) is 18.3 Å². The Hall–Kier alpha value is -3.02. The number of benzene rings is 2. The monoisotopic (exact) mass is 581 g/mol. The lowest BCUT2D eigenvalue weighted by Crippen LogP contribution is -2.48. The van der Waals surface area contributed by atoms with E-state index in [0.29, 0.717) is 5.69 Å². The third kappa shape index (κ3) is 5.10. The van der Waals surface area contributed by atoms with Crippen molar-refractivity contribution in [1.29, 1.82) is 0 Å². The maximum Gasteiger partial charge on any atom is 0.271 e.